The quantitative estimate of drug-likeness (QED) is 0.895. The van der Waals surface area contributed by atoms with Crippen molar-refractivity contribution in [1.29, 1.82) is 0 Å². The van der Waals surface area contributed by atoms with Gasteiger partial charge in [0.1, 0.15) is 5.01 Å². The second-order valence-corrected chi connectivity index (χ2v) is 6.86. The van der Waals surface area contributed by atoms with E-state index in [9.17, 15) is 0 Å². The number of fused-ring (bicyclic) bond motifs is 1. The normalized spacial score (nSPS) is 13.3. The maximum atomic E-state index is 6.24. The fourth-order valence-corrected chi connectivity index (χ4v) is 2.98. The number of aromatic nitrogens is 1. The number of thiazole rings is 1. The maximum Gasteiger partial charge on any atom is 0.101 e. The molecule has 0 atom stereocenters. The molecule has 92 valence electrons. The fraction of sp³-hybridized carbons (Fsp3) is 0.462. The lowest BCUT2D eigenvalue weighted by Gasteiger charge is -2.36. The van der Waals surface area contributed by atoms with Gasteiger partial charge in [0.2, 0.25) is 0 Å². The van der Waals surface area contributed by atoms with E-state index >= 15 is 0 Å². The molecule has 0 radical (unpaired) electrons. The number of nitrogens with zero attached hydrogens (tertiary/aromatic N) is 1. The minimum Gasteiger partial charge on any atom is -0.325 e. The summed E-state index contributed by atoms with van der Waals surface area (Å²) in [5.74, 6) is 0. The van der Waals surface area contributed by atoms with E-state index in [1.807, 2.05) is 32.0 Å². The van der Waals surface area contributed by atoms with Gasteiger partial charge in [-0.3, -0.25) is 0 Å². The van der Waals surface area contributed by atoms with Gasteiger partial charge < -0.3 is 5.73 Å². The molecule has 2 nitrogen and oxygen atoms in total. The summed E-state index contributed by atoms with van der Waals surface area (Å²) < 4.78 is 1.04. The topological polar surface area (TPSA) is 38.9 Å². The van der Waals surface area contributed by atoms with Gasteiger partial charge in [0.05, 0.1) is 15.2 Å². The molecule has 17 heavy (non-hydrogen) atoms. The minimum atomic E-state index is -0.326. The number of halogens is 1. The first-order valence-corrected chi connectivity index (χ1v) is 6.77. The van der Waals surface area contributed by atoms with E-state index in [-0.39, 0.29) is 11.0 Å². The Balaban J connectivity index is 2.62. The first-order valence-electron chi connectivity index (χ1n) is 5.58. The average molecular weight is 269 g/mol. The van der Waals surface area contributed by atoms with Crippen LogP contribution in [0, 0.1) is 0 Å². The standard InChI is InChI=1S/C13H17ClN2S/c1-12(2,13(3,4)15)11-16-9-7-5-6-8(14)10(9)17-11/h5-7H,15H2,1-4H3. The van der Waals surface area contributed by atoms with Crippen LogP contribution in [0.2, 0.25) is 5.02 Å². The highest BCUT2D eigenvalue weighted by Crippen LogP contribution is 2.39. The van der Waals surface area contributed by atoms with E-state index in [2.05, 4.69) is 18.8 Å². The third kappa shape index (κ3) is 2.07. The molecule has 0 aliphatic carbocycles. The molecule has 0 aliphatic heterocycles. The van der Waals surface area contributed by atoms with Gasteiger partial charge in [-0.2, -0.15) is 0 Å². The van der Waals surface area contributed by atoms with Gasteiger partial charge in [-0.25, -0.2) is 4.98 Å². The van der Waals surface area contributed by atoms with Crippen molar-refractivity contribution in [3.63, 3.8) is 0 Å². The lowest BCUT2D eigenvalue weighted by Crippen LogP contribution is -2.50. The molecule has 4 heteroatoms. The maximum absolute atomic E-state index is 6.24. The van der Waals surface area contributed by atoms with Gasteiger partial charge in [0, 0.05) is 11.0 Å². The van der Waals surface area contributed by atoms with Gasteiger partial charge >= 0.3 is 0 Å². The largest absolute Gasteiger partial charge is 0.325 e. The van der Waals surface area contributed by atoms with Gasteiger partial charge in [-0.1, -0.05) is 31.5 Å². The average Bonchev–Trinajstić information content (AvgIpc) is 2.61. The molecule has 0 unspecified atom stereocenters. The third-order valence-corrected chi connectivity index (χ3v) is 5.37. The molecular formula is C13H17ClN2S. The Hall–Kier alpha value is -0.640. The molecule has 1 heterocycles. The summed E-state index contributed by atoms with van der Waals surface area (Å²) in [6, 6.07) is 5.81. The molecule has 0 saturated carbocycles. The Bertz CT molecular complexity index is 552. The van der Waals surface area contributed by atoms with E-state index in [4.69, 9.17) is 17.3 Å². The van der Waals surface area contributed by atoms with Crippen LogP contribution in [-0.2, 0) is 5.41 Å². The predicted octanol–water partition coefficient (Wildman–Crippen LogP) is 3.96. The van der Waals surface area contributed by atoms with Crippen LogP contribution in [0.4, 0.5) is 0 Å². The van der Waals surface area contributed by atoms with Gasteiger partial charge in [-0.15, -0.1) is 11.3 Å². The summed E-state index contributed by atoms with van der Waals surface area (Å²) in [5.41, 5.74) is 6.69. The number of hydrogen-bond donors (Lipinski definition) is 1. The zero-order chi connectivity index (χ0) is 12.8. The van der Waals surface area contributed by atoms with Crippen LogP contribution in [0.25, 0.3) is 10.2 Å². The monoisotopic (exact) mass is 268 g/mol. The van der Waals surface area contributed by atoms with Gasteiger partial charge in [0.25, 0.3) is 0 Å². The van der Waals surface area contributed by atoms with Crippen molar-refractivity contribution in [3.8, 4) is 0 Å². The van der Waals surface area contributed by atoms with Crippen molar-refractivity contribution in [2.75, 3.05) is 0 Å². The molecule has 0 aliphatic rings. The van der Waals surface area contributed by atoms with Crippen LogP contribution in [0.1, 0.15) is 32.7 Å². The zero-order valence-corrected chi connectivity index (χ0v) is 12.1. The van der Waals surface area contributed by atoms with Crippen LogP contribution >= 0.6 is 22.9 Å². The Kier molecular flexibility index (Phi) is 2.97. The lowest BCUT2D eigenvalue weighted by atomic mass is 9.76. The number of benzene rings is 1. The van der Waals surface area contributed by atoms with Crippen LogP contribution in [0.15, 0.2) is 18.2 Å². The van der Waals surface area contributed by atoms with E-state index in [1.54, 1.807) is 11.3 Å². The van der Waals surface area contributed by atoms with Crippen molar-refractivity contribution in [2.24, 2.45) is 5.73 Å². The molecule has 0 fully saturated rings. The molecule has 0 bridgehead atoms. The summed E-state index contributed by atoms with van der Waals surface area (Å²) in [7, 11) is 0. The Labute approximate surface area is 111 Å². The SMILES string of the molecule is CC(C)(N)C(C)(C)c1nc2cccc(Cl)c2s1. The molecule has 0 saturated heterocycles. The van der Waals surface area contributed by atoms with E-state index in [0.29, 0.717) is 0 Å². The van der Waals surface area contributed by atoms with Gasteiger partial charge in [0.15, 0.2) is 0 Å². The minimum absolute atomic E-state index is 0.181. The summed E-state index contributed by atoms with van der Waals surface area (Å²) in [6.45, 7) is 8.30. The Morgan fingerprint density at radius 2 is 1.88 bits per heavy atom. The lowest BCUT2D eigenvalue weighted by molar-refractivity contribution is 0.306. The highest BCUT2D eigenvalue weighted by Gasteiger charge is 2.37. The second-order valence-electron chi connectivity index (χ2n) is 5.45. The van der Waals surface area contributed by atoms with Crippen molar-refractivity contribution >= 4 is 33.2 Å². The van der Waals surface area contributed by atoms with Crippen molar-refractivity contribution in [2.45, 2.75) is 38.6 Å². The van der Waals surface area contributed by atoms with Crippen molar-refractivity contribution in [3.05, 3.63) is 28.2 Å². The summed E-state index contributed by atoms with van der Waals surface area (Å²) in [4.78, 5) is 4.67. The predicted molar refractivity (Wildman–Crippen MR) is 75.9 cm³/mol. The number of nitrogens with two attached hydrogens (primary N) is 1. The molecule has 2 N–H and O–H groups in total. The Morgan fingerprint density at radius 3 is 2.41 bits per heavy atom. The highest BCUT2D eigenvalue weighted by atomic mass is 35.5. The first-order chi connectivity index (χ1) is 7.73. The molecule has 2 aromatic rings. The summed E-state index contributed by atoms with van der Waals surface area (Å²) in [6.07, 6.45) is 0. The Morgan fingerprint density at radius 1 is 1.24 bits per heavy atom. The van der Waals surface area contributed by atoms with Crippen LogP contribution in [0.3, 0.4) is 0 Å². The third-order valence-electron chi connectivity index (χ3n) is 3.51. The molecular weight excluding hydrogens is 252 g/mol. The first kappa shape index (κ1) is 12.8. The molecule has 1 aromatic heterocycles. The molecule has 2 rings (SSSR count). The molecule has 0 amide bonds. The van der Waals surface area contributed by atoms with E-state index in [1.165, 1.54) is 0 Å². The van der Waals surface area contributed by atoms with Crippen LogP contribution < -0.4 is 5.73 Å². The number of hydrogen-bond acceptors (Lipinski definition) is 3. The smallest absolute Gasteiger partial charge is 0.101 e. The molecule has 1 aromatic carbocycles. The zero-order valence-electron chi connectivity index (χ0n) is 10.5. The summed E-state index contributed by atoms with van der Waals surface area (Å²) >= 11 is 7.81. The van der Waals surface area contributed by atoms with E-state index < -0.39 is 0 Å². The van der Waals surface area contributed by atoms with Crippen LogP contribution in [-0.4, -0.2) is 10.5 Å². The molecule has 0 spiro atoms. The highest BCUT2D eigenvalue weighted by molar-refractivity contribution is 7.19. The van der Waals surface area contributed by atoms with Crippen LogP contribution in [0.5, 0.6) is 0 Å². The fourth-order valence-electron chi connectivity index (χ4n) is 1.46. The second kappa shape index (κ2) is 3.94. The van der Waals surface area contributed by atoms with Crippen molar-refractivity contribution in [1.82, 2.24) is 4.98 Å². The van der Waals surface area contributed by atoms with Crippen molar-refractivity contribution < 1.29 is 0 Å². The van der Waals surface area contributed by atoms with E-state index in [0.717, 1.165) is 20.2 Å². The number of rotatable bonds is 2. The van der Waals surface area contributed by atoms with Gasteiger partial charge in [-0.05, 0) is 26.0 Å². The summed E-state index contributed by atoms with van der Waals surface area (Å²) in [5, 5.41) is 1.80.